The molecule has 2 aromatic carbocycles. The molecule has 0 amide bonds. The average Bonchev–Trinajstić information content (AvgIpc) is 2.99. The van der Waals surface area contributed by atoms with Gasteiger partial charge in [0.2, 0.25) is 5.95 Å². The lowest BCUT2D eigenvalue weighted by Gasteiger charge is -2.10. The van der Waals surface area contributed by atoms with Crippen molar-refractivity contribution in [3.05, 3.63) is 76.2 Å². The number of anilines is 2. The zero-order valence-electron chi connectivity index (χ0n) is 13.6. The molecule has 26 heavy (non-hydrogen) atoms. The predicted molar refractivity (Wildman–Crippen MR) is 93.4 cm³/mol. The molecule has 0 bridgehead atoms. The summed E-state index contributed by atoms with van der Waals surface area (Å²) in [5, 5.41) is 9.18. The number of aromatic nitrogens is 4. The maximum atomic E-state index is 13.5. The monoisotopic (exact) mass is 353 g/mol. The van der Waals surface area contributed by atoms with Crippen LogP contribution >= 0.6 is 0 Å². The van der Waals surface area contributed by atoms with Crippen LogP contribution < -0.4 is 11.0 Å². The van der Waals surface area contributed by atoms with Gasteiger partial charge >= 0.3 is 5.69 Å². The van der Waals surface area contributed by atoms with Crippen LogP contribution in [0.5, 0.6) is 0 Å². The number of halogens is 2. The lowest BCUT2D eigenvalue weighted by Crippen LogP contribution is -2.14. The summed E-state index contributed by atoms with van der Waals surface area (Å²) in [6.07, 6.45) is 0. The van der Waals surface area contributed by atoms with E-state index in [0.29, 0.717) is 11.3 Å². The molecule has 2 aromatic heterocycles. The minimum absolute atomic E-state index is 0.142. The van der Waals surface area contributed by atoms with Gasteiger partial charge in [-0.15, -0.1) is 0 Å². The molecule has 2 heterocycles. The highest BCUT2D eigenvalue weighted by molar-refractivity contribution is 5.68. The summed E-state index contributed by atoms with van der Waals surface area (Å²) in [6.45, 7) is 1.96. The van der Waals surface area contributed by atoms with Gasteiger partial charge in [0, 0.05) is 23.4 Å². The third-order valence-corrected chi connectivity index (χ3v) is 3.89. The van der Waals surface area contributed by atoms with E-state index in [1.165, 1.54) is 10.5 Å². The van der Waals surface area contributed by atoms with Gasteiger partial charge in [0.1, 0.15) is 0 Å². The lowest BCUT2D eigenvalue weighted by atomic mass is 10.1. The van der Waals surface area contributed by atoms with E-state index in [2.05, 4.69) is 20.5 Å². The molecule has 0 atom stereocenters. The zero-order chi connectivity index (χ0) is 18.3. The second-order valence-corrected chi connectivity index (χ2v) is 5.81. The van der Waals surface area contributed by atoms with E-state index >= 15 is 0 Å². The smallest absolute Gasteiger partial charge is 0.325 e. The molecule has 0 spiro atoms. The number of H-pyrrole nitrogens is 1. The maximum absolute atomic E-state index is 13.5. The van der Waals surface area contributed by atoms with Gasteiger partial charge < -0.3 is 5.32 Å². The number of rotatable bonds is 3. The molecular formula is C18H13F2N5O. The summed E-state index contributed by atoms with van der Waals surface area (Å²) < 4.78 is 27.8. The minimum atomic E-state index is -0.999. The highest BCUT2D eigenvalue weighted by Crippen LogP contribution is 2.23. The van der Waals surface area contributed by atoms with Crippen LogP contribution in [0.15, 0.2) is 53.3 Å². The first kappa shape index (κ1) is 15.9. The Morgan fingerprint density at radius 3 is 2.69 bits per heavy atom. The third-order valence-electron chi connectivity index (χ3n) is 3.89. The number of nitrogens with zero attached hydrogens (tertiary/aromatic N) is 3. The van der Waals surface area contributed by atoms with Crippen LogP contribution in [0.3, 0.4) is 0 Å². The number of nitrogens with one attached hydrogen (secondary N) is 2. The van der Waals surface area contributed by atoms with E-state index in [4.69, 9.17) is 0 Å². The van der Waals surface area contributed by atoms with Crippen molar-refractivity contribution in [2.75, 3.05) is 5.32 Å². The van der Waals surface area contributed by atoms with Crippen molar-refractivity contribution in [1.29, 1.82) is 0 Å². The lowest BCUT2D eigenvalue weighted by molar-refractivity contribution is 0.509. The first-order chi connectivity index (χ1) is 12.5. The minimum Gasteiger partial charge on any atom is -0.325 e. The van der Waals surface area contributed by atoms with Crippen LogP contribution in [0.25, 0.3) is 16.9 Å². The van der Waals surface area contributed by atoms with Gasteiger partial charge in [0.05, 0.1) is 5.69 Å². The topological polar surface area (TPSA) is 75.1 Å². The average molecular weight is 353 g/mol. The SMILES string of the molecule is Cc1cccc(-c2cc3n[nH]c(=O)n3c(Nc3ccc(F)c(F)c3)n2)c1. The zero-order valence-corrected chi connectivity index (χ0v) is 13.6. The van der Waals surface area contributed by atoms with Gasteiger partial charge in [0.25, 0.3) is 0 Å². The molecule has 0 aliphatic rings. The van der Waals surface area contributed by atoms with Gasteiger partial charge in [-0.05, 0) is 25.1 Å². The van der Waals surface area contributed by atoms with Crippen molar-refractivity contribution in [2.24, 2.45) is 0 Å². The Kier molecular flexibility index (Phi) is 3.72. The first-order valence-electron chi connectivity index (χ1n) is 7.78. The summed E-state index contributed by atoms with van der Waals surface area (Å²) in [6, 6.07) is 12.7. The molecular weight excluding hydrogens is 340 g/mol. The van der Waals surface area contributed by atoms with Crippen LogP contribution in [-0.2, 0) is 0 Å². The highest BCUT2D eigenvalue weighted by atomic mass is 19.2. The first-order valence-corrected chi connectivity index (χ1v) is 7.78. The molecule has 0 saturated carbocycles. The fraction of sp³-hybridized carbons (Fsp3) is 0.0556. The molecule has 0 aliphatic carbocycles. The summed E-state index contributed by atoms with van der Waals surface area (Å²) in [7, 11) is 0. The molecule has 2 N–H and O–H groups in total. The Labute approximate surface area is 146 Å². The van der Waals surface area contributed by atoms with E-state index in [-0.39, 0.29) is 11.6 Å². The van der Waals surface area contributed by atoms with Crippen LogP contribution in [0.2, 0.25) is 0 Å². The van der Waals surface area contributed by atoms with Gasteiger partial charge in [-0.2, -0.15) is 5.10 Å². The fourth-order valence-electron chi connectivity index (χ4n) is 2.67. The standard InChI is InChI=1S/C18H13F2N5O/c1-10-3-2-4-11(7-10)15-9-16-23-24-18(26)25(16)17(22-15)21-12-5-6-13(19)14(20)8-12/h2-9H,1H3,(H,21,22)(H,24,26). The largest absolute Gasteiger partial charge is 0.350 e. The Hall–Kier alpha value is -3.55. The number of benzene rings is 2. The second-order valence-electron chi connectivity index (χ2n) is 5.81. The molecule has 130 valence electrons. The quantitative estimate of drug-likeness (QED) is 0.592. The van der Waals surface area contributed by atoms with E-state index in [0.717, 1.165) is 23.3 Å². The second kappa shape index (κ2) is 6.07. The number of aryl methyl sites for hydroxylation is 1. The van der Waals surface area contributed by atoms with E-state index < -0.39 is 17.3 Å². The van der Waals surface area contributed by atoms with Crippen molar-refractivity contribution < 1.29 is 8.78 Å². The predicted octanol–water partition coefficient (Wildman–Crippen LogP) is 3.41. The van der Waals surface area contributed by atoms with Crippen molar-refractivity contribution in [3.8, 4) is 11.3 Å². The van der Waals surface area contributed by atoms with E-state index in [1.54, 1.807) is 6.07 Å². The third kappa shape index (κ3) is 2.81. The van der Waals surface area contributed by atoms with Crippen LogP contribution in [0, 0.1) is 18.6 Å². The van der Waals surface area contributed by atoms with Crippen molar-refractivity contribution in [1.82, 2.24) is 19.6 Å². The Morgan fingerprint density at radius 1 is 1.08 bits per heavy atom. The number of hydrogen-bond acceptors (Lipinski definition) is 4. The Morgan fingerprint density at radius 2 is 1.92 bits per heavy atom. The fourth-order valence-corrected chi connectivity index (χ4v) is 2.67. The molecule has 0 radical (unpaired) electrons. The Bertz CT molecular complexity index is 1180. The van der Waals surface area contributed by atoms with Crippen molar-refractivity contribution >= 4 is 17.3 Å². The highest BCUT2D eigenvalue weighted by Gasteiger charge is 2.13. The molecule has 0 saturated heterocycles. The molecule has 0 aliphatic heterocycles. The van der Waals surface area contributed by atoms with Crippen molar-refractivity contribution in [3.63, 3.8) is 0 Å². The molecule has 4 rings (SSSR count). The molecule has 8 heteroatoms. The maximum Gasteiger partial charge on any atom is 0.350 e. The molecule has 6 nitrogen and oxygen atoms in total. The van der Waals surface area contributed by atoms with Crippen LogP contribution in [0.4, 0.5) is 20.4 Å². The van der Waals surface area contributed by atoms with Gasteiger partial charge in [-0.1, -0.05) is 23.8 Å². The van der Waals surface area contributed by atoms with E-state index in [9.17, 15) is 13.6 Å². The van der Waals surface area contributed by atoms with Gasteiger partial charge in [0.15, 0.2) is 17.3 Å². The summed E-state index contributed by atoms with van der Waals surface area (Å²) >= 11 is 0. The van der Waals surface area contributed by atoms with E-state index in [1.807, 2.05) is 31.2 Å². The number of fused-ring (bicyclic) bond motifs is 1. The number of hydrogen-bond donors (Lipinski definition) is 2. The van der Waals surface area contributed by atoms with Gasteiger partial charge in [-0.25, -0.2) is 28.1 Å². The van der Waals surface area contributed by atoms with Gasteiger partial charge in [-0.3, -0.25) is 0 Å². The summed E-state index contributed by atoms with van der Waals surface area (Å²) in [5.41, 5.74) is 2.60. The number of aromatic amines is 1. The summed E-state index contributed by atoms with van der Waals surface area (Å²) in [5.74, 6) is -1.81. The Balaban J connectivity index is 1.87. The molecule has 0 unspecified atom stereocenters. The molecule has 0 fully saturated rings. The normalized spacial score (nSPS) is 11.0. The summed E-state index contributed by atoms with van der Waals surface area (Å²) in [4.78, 5) is 16.5. The van der Waals surface area contributed by atoms with Crippen molar-refractivity contribution in [2.45, 2.75) is 6.92 Å². The molecule has 4 aromatic rings. The van der Waals surface area contributed by atoms with Crippen LogP contribution in [0.1, 0.15) is 5.56 Å². The van der Waals surface area contributed by atoms with Crippen LogP contribution in [-0.4, -0.2) is 19.6 Å².